The van der Waals surface area contributed by atoms with Crippen LogP contribution < -0.4 is 10.1 Å². The number of para-hydroxylation sites is 1. The number of nitrogens with one attached hydrogen (secondary N) is 2. The van der Waals surface area contributed by atoms with Crippen molar-refractivity contribution in [2.24, 2.45) is 0 Å². The van der Waals surface area contributed by atoms with E-state index in [9.17, 15) is 9.18 Å². The summed E-state index contributed by atoms with van der Waals surface area (Å²) in [6, 6.07) is 23.2. The van der Waals surface area contributed by atoms with Crippen LogP contribution in [0.15, 0.2) is 78.9 Å². The van der Waals surface area contributed by atoms with Crippen LogP contribution in [-0.2, 0) is 0 Å². The fourth-order valence-electron chi connectivity index (χ4n) is 3.78. The minimum Gasteiger partial charge on any atom is -0.497 e. The quantitative estimate of drug-likeness (QED) is 0.352. The molecule has 0 saturated heterocycles. The molecule has 32 heavy (non-hydrogen) atoms. The van der Waals surface area contributed by atoms with Gasteiger partial charge in [-0.2, -0.15) is 0 Å². The van der Waals surface area contributed by atoms with Crippen LogP contribution in [0.4, 0.5) is 10.1 Å². The van der Waals surface area contributed by atoms with Gasteiger partial charge in [0.25, 0.3) is 5.91 Å². The standard InChI is InChI=1S/C27H25FN2O2/c1-17(2)25-24(27(31)29-21-7-5-4-6-8-21)23(18-11-15-22(32-3)16-12-18)26(30-25)19-9-13-20(28)14-10-19/h4-17,30H,1-3H3,(H,29,31). The van der Waals surface area contributed by atoms with Gasteiger partial charge < -0.3 is 15.0 Å². The first-order valence-electron chi connectivity index (χ1n) is 10.5. The van der Waals surface area contributed by atoms with Gasteiger partial charge in [0.15, 0.2) is 0 Å². The third-order valence-electron chi connectivity index (χ3n) is 5.38. The Balaban J connectivity index is 1.93. The molecule has 3 aromatic carbocycles. The summed E-state index contributed by atoms with van der Waals surface area (Å²) in [5.41, 5.74) is 5.34. The number of H-pyrrole nitrogens is 1. The molecule has 5 heteroatoms. The third-order valence-corrected chi connectivity index (χ3v) is 5.38. The number of halogens is 1. The lowest BCUT2D eigenvalue weighted by atomic mass is 9.94. The SMILES string of the molecule is COc1ccc(-c2c(-c3ccc(F)cc3)[nH]c(C(C)C)c2C(=O)Nc2ccccc2)cc1. The number of carbonyl (C=O) groups is 1. The molecule has 2 N–H and O–H groups in total. The number of benzene rings is 3. The number of aromatic amines is 1. The number of rotatable bonds is 6. The van der Waals surface area contributed by atoms with E-state index in [1.54, 1.807) is 19.2 Å². The molecule has 1 aromatic heterocycles. The van der Waals surface area contributed by atoms with Crippen LogP contribution in [0.2, 0.25) is 0 Å². The van der Waals surface area contributed by atoms with Gasteiger partial charge in [0.05, 0.1) is 18.4 Å². The molecule has 0 unspecified atom stereocenters. The molecule has 1 amide bonds. The lowest BCUT2D eigenvalue weighted by molar-refractivity contribution is 0.102. The zero-order valence-corrected chi connectivity index (χ0v) is 18.3. The van der Waals surface area contributed by atoms with Crippen molar-refractivity contribution in [3.63, 3.8) is 0 Å². The second-order valence-corrected chi connectivity index (χ2v) is 7.87. The van der Waals surface area contributed by atoms with Gasteiger partial charge in [-0.15, -0.1) is 0 Å². The molecule has 0 atom stereocenters. The zero-order valence-electron chi connectivity index (χ0n) is 18.3. The molecule has 162 valence electrons. The number of ether oxygens (including phenoxy) is 1. The molecular formula is C27H25FN2O2. The average Bonchev–Trinajstić information content (AvgIpc) is 3.21. The van der Waals surface area contributed by atoms with E-state index >= 15 is 0 Å². The van der Waals surface area contributed by atoms with Gasteiger partial charge in [-0.05, 0) is 65.6 Å². The number of hydrogen-bond acceptors (Lipinski definition) is 2. The van der Waals surface area contributed by atoms with Gasteiger partial charge in [-0.3, -0.25) is 4.79 Å². The molecule has 0 aliphatic rings. The van der Waals surface area contributed by atoms with Crippen molar-refractivity contribution in [2.45, 2.75) is 19.8 Å². The highest BCUT2D eigenvalue weighted by atomic mass is 19.1. The Morgan fingerprint density at radius 1 is 0.906 bits per heavy atom. The Kier molecular flexibility index (Phi) is 6.08. The summed E-state index contributed by atoms with van der Waals surface area (Å²) in [5.74, 6) is 0.289. The van der Waals surface area contributed by atoms with Crippen LogP contribution in [-0.4, -0.2) is 18.0 Å². The van der Waals surface area contributed by atoms with Gasteiger partial charge in [-0.25, -0.2) is 4.39 Å². The van der Waals surface area contributed by atoms with Gasteiger partial charge in [0.1, 0.15) is 11.6 Å². The van der Waals surface area contributed by atoms with Crippen molar-refractivity contribution in [3.05, 3.63) is 95.9 Å². The van der Waals surface area contributed by atoms with Crippen molar-refractivity contribution in [3.8, 4) is 28.1 Å². The van der Waals surface area contributed by atoms with Crippen LogP contribution in [0, 0.1) is 5.82 Å². The first-order chi connectivity index (χ1) is 15.5. The number of carbonyl (C=O) groups excluding carboxylic acids is 1. The monoisotopic (exact) mass is 428 g/mol. The normalized spacial score (nSPS) is 10.9. The van der Waals surface area contributed by atoms with Crippen molar-refractivity contribution in [1.82, 2.24) is 4.98 Å². The van der Waals surface area contributed by atoms with Crippen molar-refractivity contribution >= 4 is 11.6 Å². The van der Waals surface area contributed by atoms with E-state index in [-0.39, 0.29) is 17.6 Å². The molecule has 0 aliphatic carbocycles. The summed E-state index contributed by atoms with van der Waals surface area (Å²) < 4.78 is 18.9. The molecule has 0 radical (unpaired) electrons. The van der Waals surface area contributed by atoms with Crippen LogP contribution in [0.5, 0.6) is 5.75 Å². The molecule has 0 aliphatic heterocycles. The molecule has 0 saturated carbocycles. The number of hydrogen-bond donors (Lipinski definition) is 2. The molecule has 4 aromatic rings. The van der Waals surface area contributed by atoms with E-state index < -0.39 is 0 Å². The molecule has 1 heterocycles. The Morgan fingerprint density at radius 2 is 1.53 bits per heavy atom. The molecule has 0 bridgehead atoms. The maximum atomic E-state index is 13.6. The predicted molar refractivity (Wildman–Crippen MR) is 127 cm³/mol. The van der Waals surface area contributed by atoms with Gasteiger partial charge in [0.2, 0.25) is 0 Å². The number of aromatic nitrogens is 1. The van der Waals surface area contributed by atoms with Gasteiger partial charge >= 0.3 is 0 Å². The smallest absolute Gasteiger partial charge is 0.258 e. The summed E-state index contributed by atoms with van der Waals surface area (Å²) >= 11 is 0. The minimum absolute atomic E-state index is 0.0673. The summed E-state index contributed by atoms with van der Waals surface area (Å²) in [4.78, 5) is 17.0. The highest BCUT2D eigenvalue weighted by molar-refractivity contribution is 6.12. The number of methoxy groups -OCH3 is 1. The van der Waals surface area contributed by atoms with Crippen LogP contribution >= 0.6 is 0 Å². The maximum Gasteiger partial charge on any atom is 0.258 e. The van der Waals surface area contributed by atoms with E-state index in [0.29, 0.717) is 5.56 Å². The Hall–Kier alpha value is -3.86. The Morgan fingerprint density at radius 3 is 2.12 bits per heavy atom. The highest BCUT2D eigenvalue weighted by Crippen LogP contribution is 2.40. The van der Waals surface area contributed by atoms with Crippen LogP contribution in [0.3, 0.4) is 0 Å². The summed E-state index contributed by atoms with van der Waals surface area (Å²) in [5, 5.41) is 3.02. The minimum atomic E-state index is -0.308. The topological polar surface area (TPSA) is 54.1 Å². The average molecular weight is 429 g/mol. The highest BCUT2D eigenvalue weighted by Gasteiger charge is 2.26. The lowest BCUT2D eigenvalue weighted by Crippen LogP contribution is -2.15. The summed E-state index contributed by atoms with van der Waals surface area (Å²) in [6.45, 7) is 4.08. The largest absolute Gasteiger partial charge is 0.497 e. The Labute approximate surface area is 187 Å². The van der Waals surface area contributed by atoms with Crippen molar-refractivity contribution in [2.75, 3.05) is 12.4 Å². The van der Waals surface area contributed by atoms with Crippen LogP contribution in [0.1, 0.15) is 35.8 Å². The Bertz CT molecular complexity index is 1210. The molecular weight excluding hydrogens is 403 g/mol. The third kappa shape index (κ3) is 4.28. The second-order valence-electron chi connectivity index (χ2n) is 7.87. The fraction of sp³-hybridized carbons (Fsp3) is 0.148. The van der Waals surface area contributed by atoms with Crippen LogP contribution in [0.25, 0.3) is 22.4 Å². The number of anilines is 1. The second kappa shape index (κ2) is 9.10. The van der Waals surface area contributed by atoms with E-state index in [2.05, 4.69) is 10.3 Å². The lowest BCUT2D eigenvalue weighted by Gasteiger charge is -2.12. The zero-order chi connectivity index (χ0) is 22.7. The van der Waals surface area contributed by atoms with Crippen molar-refractivity contribution in [1.29, 1.82) is 0 Å². The van der Waals surface area contributed by atoms with Gasteiger partial charge in [-0.1, -0.05) is 44.2 Å². The fourth-order valence-corrected chi connectivity index (χ4v) is 3.78. The number of amides is 1. The van der Waals surface area contributed by atoms with E-state index in [4.69, 9.17) is 4.74 Å². The van der Waals surface area contributed by atoms with E-state index in [1.165, 1.54) is 12.1 Å². The van der Waals surface area contributed by atoms with Gasteiger partial charge in [0, 0.05) is 16.9 Å². The molecule has 0 fully saturated rings. The molecule has 4 rings (SSSR count). The summed E-state index contributed by atoms with van der Waals surface area (Å²) in [6.07, 6.45) is 0. The van der Waals surface area contributed by atoms with Crippen molar-refractivity contribution < 1.29 is 13.9 Å². The first kappa shape index (κ1) is 21.4. The first-order valence-corrected chi connectivity index (χ1v) is 10.5. The van der Waals surface area contributed by atoms with E-state index in [0.717, 1.165) is 39.5 Å². The maximum absolute atomic E-state index is 13.6. The van der Waals surface area contributed by atoms with E-state index in [1.807, 2.05) is 68.4 Å². The molecule has 4 nitrogen and oxygen atoms in total. The molecule has 0 spiro atoms. The predicted octanol–water partition coefficient (Wildman–Crippen LogP) is 6.87. The summed E-state index contributed by atoms with van der Waals surface area (Å²) in [7, 11) is 1.62.